The van der Waals surface area contributed by atoms with Gasteiger partial charge >= 0.3 is 0 Å². The van der Waals surface area contributed by atoms with E-state index in [4.69, 9.17) is 7.85 Å². The summed E-state index contributed by atoms with van der Waals surface area (Å²) in [5.74, 6) is 0. The summed E-state index contributed by atoms with van der Waals surface area (Å²) in [6.07, 6.45) is 1.66. The van der Waals surface area contributed by atoms with Crippen LogP contribution in [0, 0.1) is 0 Å². The van der Waals surface area contributed by atoms with E-state index in [2.05, 4.69) is 4.98 Å². The second kappa shape index (κ2) is 2.48. The first-order chi connectivity index (χ1) is 5.77. The van der Waals surface area contributed by atoms with Gasteiger partial charge in [0.25, 0.3) is 5.56 Å². The average Bonchev–Trinajstić information content (AvgIpc) is 2.04. The highest BCUT2D eigenvalue weighted by Gasteiger charge is 1.95. The Bertz CT molecular complexity index is 478. The predicted molar refractivity (Wildman–Crippen MR) is 46.9 cm³/mol. The molecule has 0 N–H and O–H groups in total. The van der Waals surface area contributed by atoms with Gasteiger partial charge in [-0.25, -0.2) is 4.98 Å². The highest BCUT2D eigenvalue weighted by Crippen LogP contribution is 1.91. The molecule has 2 heterocycles. The third-order valence-corrected chi connectivity index (χ3v) is 1.59. The van der Waals surface area contributed by atoms with Gasteiger partial charge in [0.15, 0.2) is 0 Å². The summed E-state index contributed by atoms with van der Waals surface area (Å²) in [6, 6.07) is 6.61. The third kappa shape index (κ3) is 1.01. The van der Waals surface area contributed by atoms with Gasteiger partial charge in [-0.05, 0) is 17.7 Å². The molecule has 4 heteroatoms. The van der Waals surface area contributed by atoms with Crippen LogP contribution in [0.3, 0.4) is 0 Å². The van der Waals surface area contributed by atoms with Gasteiger partial charge in [0.2, 0.25) is 0 Å². The van der Waals surface area contributed by atoms with E-state index in [1.54, 1.807) is 24.4 Å². The largest absolute Gasteiger partial charge is 0.269 e. The number of hydrogen-bond donors (Lipinski definition) is 0. The molecule has 0 aliphatic rings. The maximum absolute atomic E-state index is 11.2. The van der Waals surface area contributed by atoms with E-state index in [1.165, 1.54) is 10.5 Å². The van der Waals surface area contributed by atoms with Crippen molar-refractivity contribution in [2.24, 2.45) is 0 Å². The molecule has 0 atom stereocenters. The predicted octanol–water partition coefficient (Wildman–Crippen LogP) is -0.512. The first-order valence-electron chi connectivity index (χ1n) is 3.51. The maximum atomic E-state index is 11.2. The van der Waals surface area contributed by atoms with Gasteiger partial charge in [-0.2, -0.15) is 0 Å². The summed E-state index contributed by atoms with van der Waals surface area (Å²) in [5.41, 5.74) is 0.673. The van der Waals surface area contributed by atoms with E-state index in [1.807, 2.05) is 0 Å². The van der Waals surface area contributed by atoms with Gasteiger partial charge in [-0.1, -0.05) is 6.07 Å². The van der Waals surface area contributed by atoms with Crippen molar-refractivity contribution in [1.29, 1.82) is 0 Å². The highest BCUT2D eigenvalue weighted by molar-refractivity contribution is 6.30. The molecule has 0 aliphatic heterocycles. The fraction of sp³-hybridized carbons (Fsp3) is 0. The third-order valence-electron chi connectivity index (χ3n) is 1.59. The Hall–Kier alpha value is -1.58. The average molecular weight is 156 g/mol. The lowest BCUT2D eigenvalue weighted by Crippen LogP contribution is -2.22. The minimum atomic E-state index is -0.155. The summed E-state index contributed by atoms with van der Waals surface area (Å²) in [5, 5.41) is 0. The lowest BCUT2D eigenvalue weighted by atomic mass is 10.1. The highest BCUT2D eigenvalue weighted by atomic mass is 16.1. The van der Waals surface area contributed by atoms with E-state index in [0.717, 1.165) is 0 Å². The minimum Gasteiger partial charge on any atom is -0.269 e. The van der Waals surface area contributed by atoms with Crippen molar-refractivity contribution in [1.82, 2.24) is 9.38 Å². The molecule has 0 saturated carbocycles. The molecule has 0 aromatic carbocycles. The first-order valence-corrected chi connectivity index (χ1v) is 3.51. The Labute approximate surface area is 70.1 Å². The number of aromatic nitrogens is 2. The van der Waals surface area contributed by atoms with E-state index in [9.17, 15) is 4.79 Å². The van der Waals surface area contributed by atoms with E-state index >= 15 is 0 Å². The number of fused-ring (bicyclic) bond motifs is 1. The lowest BCUT2D eigenvalue weighted by molar-refractivity contribution is 1.06. The van der Waals surface area contributed by atoms with Crippen LogP contribution in [-0.4, -0.2) is 17.2 Å². The van der Waals surface area contributed by atoms with Crippen LogP contribution in [-0.2, 0) is 0 Å². The van der Waals surface area contributed by atoms with Gasteiger partial charge in [-0.3, -0.25) is 9.20 Å². The van der Waals surface area contributed by atoms with Crippen molar-refractivity contribution in [2.75, 3.05) is 0 Å². The molecule has 2 aromatic heterocycles. The molecule has 3 nitrogen and oxygen atoms in total. The summed E-state index contributed by atoms with van der Waals surface area (Å²) < 4.78 is 1.44. The molecule has 0 amide bonds. The molecular formula is C8H5BN2O. The fourth-order valence-corrected chi connectivity index (χ4v) is 1.07. The van der Waals surface area contributed by atoms with Crippen molar-refractivity contribution in [2.45, 2.75) is 0 Å². The molecule has 56 valence electrons. The normalized spacial score (nSPS) is 10.3. The molecule has 0 unspecified atom stereocenters. The zero-order valence-corrected chi connectivity index (χ0v) is 6.27. The lowest BCUT2D eigenvalue weighted by Gasteiger charge is -1.98. The van der Waals surface area contributed by atoms with Gasteiger partial charge in [0, 0.05) is 12.3 Å². The standard InChI is InChI=1S/C8H5BN2O/c9-6-5-8(12)11-4-2-1-3-7(11)10-6/h1-5H. The van der Waals surface area contributed by atoms with Crippen molar-refractivity contribution in [3.8, 4) is 0 Å². The van der Waals surface area contributed by atoms with Crippen molar-refractivity contribution < 1.29 is 0 Å². The molecule has 0 saturated heterocycles. The molecule has 0 spiro atoms. The fourth-order valence-electron chi connectivity index (χ4n) is 1.07. The Kier molecular flexibility index (Phi) is 1.47. The number of hydrogen-bond acceptors (Lipinski definition) is 2. The summed E-state index contributed by atoms with van der Waals surface area (Å²) in [6.45, 7) is 0. The summed E-state index contributed by atoms with van der Waals surface area (Å²) in [7, 11) is 5.40. The Morgan fingerprint density at radius 2 is 2.25 bits per heavy atom. The zero-order valence-electron chi connectivity index (χ0n) is 6.27. The van der Waals surface area contributed by atoms with Crippen molar-refractivity contribution in [3.05, 3.63) is 40.8 Å². The Morgan fingerprint density at radius 1 is 1.42 bits per heavy atom. The van der Waals surface area contributed by atoms with Crippen LogP contribution in [0.25, 0.3) is 5.65 Å². The molecule has 2 rings (SSSR count). The van der Waals surface area contributed by atoms with Crippen LogP contribution in [0.15, 0.2) is 35.3 Å². The molecule has 0 bridgehead atoms. The van der Waals surface area contributed by atoms with Crippen LogP contribution in [0.5, 0.6) is 0 Å². The number of nitrogens with zero attached hydrogens (tertiary/aromatic N) is 2. The molecule has 2 aromatic rings. The van der Waals surface area contributed by atoms with Crippen molar-refractivity contribution in [3.63, 3.8) is 0 Å². The van der Waals surface area contributed by atoms with Gasteiger partial charge in [0.1, 0.15) is 13.5 Å². The monoisotopic (exact) mass is 156 g/mol. The van der Waals surface area contributed by atoms with E-state index in [0.29, 0.717) is 5.65 Å². The van der Waals surface area contributed by atoms with Crippen LogP contribution < -0.4 is 11.2 Å². The number of rotatable bonds is 0. The van der Waals surface area contributed by atoms with Crippen molar-refractivity contribution >= 4 is 19.1 Å². The molecule has 12 heavy (non-hydrogen) atoms. The topological polar surface area (TPSA) is 34.4 Å². The molecule has 2 radical (unpaired) electrons. The summed E-state index contributed by atoms with van der Waals surface area (Å²) >= 11 is 0. The molecular weight excluding hydrogens is 151 g/mol. The van der Waals surface area contributed by atoms with Gasteiger partial charge in [0.05, 0.1) is 0 Å². The first kappa shape index (κ1) is 7.09. The Morgan fingerprint density at radius 3 is 3.08 bits per heavy atom. The van der Waals surface area contributed by atoms with E-state index in [-0.39, 0.29) is 11.2 Å². The minimum absolute atomic E-state index is 0.155. The van der Waals surface area contributed by atoms with Gasteiger partial charge < -0.3 is 0 Å². The maximum Gasteiger partial charge on any atom is 0.257 e. The molecule has 0 fully saturated rings. The van der Waals surface area contributed by atoms with Crippen LogP contribution >= 0.6 is 0 Å². The van der Waals surface area contributed by atoms with Crippen LogP contribution in [0.2, 0.25) is 0 Å². The SMILES string of the molecule is [B]c1cc(=O)n2ccccc2n1. The van der Waals surface area contributed by atoms with E-state index < -0.39 is 0 Å². The van der Waals surface area contributed by atoms with Crippen LogP contribution in [0.4, 0.5) is 0 Å². The van der Waals surface area contributed by atoms with Crippen LogP contribution in [0.1, 0.15) is 0 Å². The van der Waals surface area contributed by atoms with Gasteiger partial charge in [-0.15, -0.1) is 0 Å². The summed E-state index contributed by atoms with van der Waals surface area (Å²) in [4.78, 5) is 15.2. The zero-order chi connectivity index (χ0) is 8.55. The smallest absolute Gasteiger partial charge is 0.257 e. The molecule has 0 aliphatic carbocycles. The Balaban J connectivity index is 2.99. The number of pyridine rings is 1. The second-order valence-corrected chi connectivity index (χ2v) is 2.45. The quantitative estimate of drug-likeness (QED) is 0.481. The second-order valence-electron chi connectivity index (χ2n) is 2.45.